The van der Waals surface area contributed by atoms with Crippen LogP contribution in [0.25, 0.3) is 32.6 Å². The lowest BCUT2D eigenvalue weighted by molar-refractivity contribution is 0.0948. The van der Waals surface area contributed by atoms with Gasteiger partial charge in [0.2, 0.25) is 0 Å². The van der Waals surface area contributed by atoms with Gasteiger partial charge in [-0.25, -0.2) is 0 Å². The van der Waals surface area contributed by atoms with Crippen molar-refractivity contribution in [1.82, 2.24) is 19.8 Å². The van der Waals surface area contributed by atoms with Gasteiger partial charge in [0.15, 0.2) is 0 Å². The van der Waals surface area contributed by atoms with Gasteiger partial charge in [0.1, 0.15) is 5.69 Å². The number of carbonyl (C=O) groups is 1. The highest BCUT2D eigenvalue weighted by atomic mass is 16.1. The molecule has 5 heteroatoms. The molecule has 0 fully saturated rings. The molecule has 0 bridgehead atoms. The van der Waals surface area contributed by atoms with Crippen LogP contribution in [0.1, 0.15) is 16.1 Å². The Labute approximate surface area is 158 Å². The minimum absolute atomic E-state index is 0.131. The molecule has 0 aliphatic heterocycles. The maximum absolute atomic E-state index is 12.8. The molecule has 27 heavy (non-hydrogen) atoms. The van der Waals surface area contributed by atoms with Gasteiger partial charge >= 0.3 is 0 Å². The molecule has 0 aliphatic carbocycles. The van der Waals surface area contributed by atoms with Crippen molar-refractivity contribution >= 4 is 38.5 Å². The van der Waals surface area contributed by atoms with Crippen molar-refractivity contribution in [3.63, 3.8) is 0 Å². The molecule has 2 heterocycles. The third-order valence-corrected chi connectivity index (χ3v) is 5.18. The van der Waals surface area contributed by atoms with E-state index in [9.17, 15) is 4.79 Å². The highest BCUT2D eigenvalue weighted by Crippen LogP contribution is 2.35. The molecule has 0 saturated heterocycles. The van der Waals surface area contributed by atoms with Crippen molar-refractivity contribution in [3.8, 4) is 0 Å². The molecule has 4 aromatic rings. The largest absolute Gasteiger partial charge is 0.349 e. The number of nitrogens with zero attached hydrogens (tertiary/aromatic N) is 3. The normalized spacial score (nSPS) is 11.7. The first-order valence-electron chi connectivity index (χ1n) is 9.08. The molecule has 1 radical (unpaired) electrons. The van der Waals surface area contributed by atoms with Gasteiger partial charge in [-0.1, -0.05) is 6.07 Å². The van der Waals surface area contributed by atoms with Crippen molar-refractivity contribution in [2.75, 3.05) is 27.2 Å². The Morgan fingerprint density at radius 2 is 2.04 bits per heavy atom. The Hall–Kier alpha value is -2.92. The van der Waals surface area contributed by atoms with Crippen molar-refractivity contribution < 1.29 is 4.79 Å². The molecular weight excluding hydrogens is 336 g/mol. The van der Waals surface area contributed by atoms with Gasteiger partial charge in [-0.15, -0.1) is 0 Å². The first-order chi connectivity index (χ1) is 13.0. The van der Waals surface area contributed by atoms with Crippen molar-refractivity contribution in [2.24, 2.45) is 7.05 Å². The Morgan fingerprint density at radius 1 is 1.22 bits per heavy atom. The third kappa shape index (κ3) is 2.84. The van der Waals surface area contributed by atoms with E-state index in [0.717, 1.165) is 39.2 Å². The van der Waals surface area contributed by atoms with E-state index in [1.165, 1.54) is 5.52 Å². The zero-order valence-electron chi connectivity index (χ0n) is 16.1. The molecule has 0 spiro atoms. The maximum atomic E-state index is 12.8. The predicted molar refractivity (Wildman–Crippen MR) is 110 cm³/mol. The number of aryl methyl sites for hydroxylation is 2. The molecule has 0 saturated carbocycles. The van der Waals surface area contributed by atoms with Gasteiger partial charge in [0, 0.05) is 48.0 Å². The number of pyridine rings is 1. The van der Waals surface area contributed by atoms with Crippen LogP contribution in [0.5, 0.6) is 0 Å². The standard InChI is InChI=1S/C22H23N4O/c1-14-15-9-10-23-20(22(27)24-11-12-25(2)3)17(15)13-18-16-7-5-6-8-19(16)26(4)21(14)18/h6-10,13H,11-12H2,1-4H3,(H,24,27). The summed E-state index contributed by atoms with van der Waals surface area (Å²) in [5.74, 6) is -0.131. The zero-order valence-corrected chi connectivity index (χ0v) is 16.1. The Bertz CT molecular complexity index is 1170. The summed E-state index contributed by atoms with van der Waals surface area (Å²) >= 11 is 0. The number of benzene rings is 2. The lowest BCUT2D eigenvalue weighted by atomic mass is 10.00. The lowest BCUT2D eigenvalue weighted by Crippen LogP contribution is -2.31. The van der Waals surface area contributed by atoms with E-state index in [1.807, 2.05) is 37.2 Å². The Kier molecular flexibility index (Phi) is 4.32. The molecule has 0 atom stereocenters. The fraction of sp³-hybridized carbons (Fsp3) is 0.273. The van der Waals surface area contributed by atoms with Crippen LogP contribution >= 0.6 is 0 Å². The summed E-state index contributed by atoms with van der Waals surface area (Å²) in [6.45, 7) is 3.49. The molecular formula is C22H23N4O. The van der Waals surface area contributed by atoms with E-state index in [-0.39, 0.29) is 5.91 Å². The zero-order chi connectivity index (χ0) is 19.1. The molecule has 5 nitrogen and oxygen atoms in total. The van der Waals surface area contributed by atoms with Crippen LogP contribution in [0, 0.1) is 13.0 Å². The lowest BCUT2D eigenvalue weighted by Gasteiger charge is -2.12. The van der Waals surface area contributed by atoms with E-state index < -0.39 is 0 Å². The second-order valence-corrected chi connectivity index (χ2v) is 7.21. The van der Waals surface area contributed by atoms with Crippen molar-refractivity contribution in [3.05, 3.63) is 53.9 Å². The fourth-order valence-electron chi connectivity index (χ4n) is 3.83. The molecule has 0 aliphatic rings. The summed E-state index contributed by atoms with van der Waals surface area (Å²) in [4.78, 5) is 19.2. The third-order valence-electron chi connectivity index (χ3n) is 5.18. The first kappa shape index (κ1) is 17.5. The number of rotatable bonds is 4. The fourth-order valence-corrected chi connectivity index (χ4v) is 3.83. The van der Waals surface area contributed by atoms with Crippen molar-refractivity contribution in [2.45, 2.75) is 6.92 Å². The average molecular weight is 359 g/mol. The van der Waals surface area contributed by atoms with Crippen LogP contribution in [0.3, 0.4) is 0 Å². The number of carbonyl (C=O) groups excluding carboxylic acids is 1. The van der Waals surface area contributed by atoms with Gasteiger partial charge in [-0.05, 0) is 62.3 Å². The SMILES string of the molecule is Cc1c2ccnc(C(=O)NCCN(C)C)c2cc2c3c[c]ccc3n(C)c12. The van der Waals surface area contributed by atoms with Crippen LogP contribution in [0.2, 0.25) is 0 Å². The molecule has 2 aromatic carbocycles. The summed E-state index contributed by atoms with van der Waals surface area (Å²) in [6.07, 6.45) is 1.72. The molecule has 1 amide bonds. The highest BCUT2D eigenvalue weighted by Gasteiger charge is 2.17. The van der Waals surface area contributed by atoms with Gasteiger partial charge in [0.25, 0.3) is 5.91 Å². The monoisotopic (exact) mass is 359 g/mol. The van der Waals surface area contributed by atoms with Crippen LogP contribution in [0.15, 0.2) is 36.5 Å². The number of fused-ring (bicyclic) bond motifs is 4. The van der Waals surface area contributed by atoms with Crippen LogP contribution in [-0.4, -0.2) is 47.5 Å². The number of likely N-dealkylation sites (N-methyl/N-ethyl adjacent to an activating group) is 1. The second-order valence-electron chi connectivity index (χ2n) is 7.21. The highest BCUT2D eigenvalue weighted by molar-refractivity contribution is 6.17. The molecule has 137 valence electrons. The Balaban J connectivity index is 1.92. The summed E-state index contributed by atoms with van der Waals surface area (Å²) < 4.78 is 2.21. The summed E-state index contributed by atoms with van der Waals surface area (Å²) in [5, 5.41) is 7.20. The predicted octanol–water partition coefficient (Wildman–Crippen LogP) is 3.28. The average Bonchev–Trinajstić information content (AvgIpc) is 2.94. The molecule has 2 aromatic heterocycles. The number of hydrogen-bond acceptors (Lipinski definition) is 3. The van der Waals surface area contributed by atoms with Gasteiger partial charge in [-0.3, -0.25) is 9.78 Å². The number of amides is 1. The summed E-state index contributed by atoms with van der Waals surface area (Å²) in [7, 11) is 6.06. The van der Waals surface area contributed by atoms with Gasteiger partial charge in [0.05, 0.1) is 5.52 Å². The molecule has 1 N–H and O–H groups in total. The minimum atomic E-state index is -0.131. The van der Waals surface area contributed by atoms with Crippen molar-refractivity contribution in [1.29, 1.82) is 0 Å². The van der Waals surface area contributed by atoms with Crippen LogP contribution < -0.4 is 5.32 Å². The maximum Gasteiger partial charge on any atom is 0.270 e. The molecule has 0 unspecified atom stereocenters. The van der Waals surface area contributed by atoms with E-state index in [0.29, 0.717) is 12.2 Å². The van der Waals surface area contributed by atoms with Crippen LogP contribution in [-0.2, 0) is 7.05 Å². The number of hydrogen-bond donors (Lipinski definition) is 1. The smallest absolute Gasteiger partial charge is 0.270 e. The minimum Gasteiger partial charge on any atom is -0.349 e. The second kappa shape index (κ2) is 6.67. The van der Waals surface area contributed by atoms with E-state index in [1.54, 1.807) is 6.20 Å². The quantitative estimate of drug-likeness (QED) is 0.608. The topological polar surface area (TPSA) is 50.2 Å². The Morgan fingerprint density at radius 3 is 2.81 bits per heavy atom. The first-order valence-corrected chi connectivity index (χ1v) is 9.08. The van der Waals surface area contributed by atoms with Gasteiger partial charge in [-0.2, -0.15) is 0 Å². The summed E-state index contributed by atoms with van der Waals surface area (Å²) in [6, 6.07) is 13.3. The van der Waals surface area contributed by atoms with Gasteiger partial charge < -0.3 is 14.8 Å². The van der Waals surface area contributed by atoms with Crippen LogP contribution in [0.4, 0.5) is 0 Å². The number of nitrogens with one attached hydrogen (secondary N) is 1. The molecule has 4 rings (SSSR count). The number of aromatic nitrogens is 2. The van der Waals surface area contributed by atoms with E-state index in [2.05, 4.69) is 47.0 Å². The summed E-state index contributed by atoms with van der Waals surface area (Å²) in [5.41, 5.74) is 3.98. The van der Waals surface area contributed by atoms with E-state index >= 15 is 0 Å². The van der Waals surface area contributed by atoms with E-state index in [4.69, 9.17) is 0 Å².